The summed E-state index contributed by atoms with van der Waals surface area (Å²) in [4.78, 5) is 0.450. The van der Waals surface area contributed by atoms with E-state index in [1.807, 2.05) is 30.3 Å². The van der Waals surface area contributed by atoms with Crippen molar-refractivity contribution in [3.63, 3.8) is 0 Å². The molecule has 126 valence electrons. The molecule has 24 heavy (non-hydrogen) atoms. The number of rotatable bonds is 2. The van der Waals surface area contributed by atoms with Gasteiger partial charge in [0.1, 0.15) is 0 Å². The molecule has 2 aromatic carbocycles. The fourth-order valence-corrected chi connectivity index (χ4v) is 8.34. The summed E-state index contributed by atoms with van der Waals surface area (Å²) in [6, 6.07) is 17.3. The van der Waals surface area contributed by atoms with Crippen LogP contribution in [0.5, 0.6) is 0 Å². The molecule has 0 amide bonds. The quantitative estimate of drug-likeness (QED) is 0.800. The van der Waals surface area contributed by atoms with Crippen LogP contribution in [-0.4, -0.2) is 13.2 Å². The predicted molar refractivity (Wildman–Crippen MR) is 96.8 cm³/mol. The van der Waals surface area contributed by atoms with E-state index < -0.39 is 14.6 Å². The highest BCUT2D eigenvalue weighted by Gasteiger charge is 2.79. The summed E-state index contributed by atoms with van der Waals surface area (Å²) in [7, 11) is -3.45. The molecule has 0 unspecified atom stereocenters. The van der Waals surface area contributed by atoms with Gasteiger partial charge in [0.05, 0.1) is 9.64 Å². The van der Waals surface area contributed by atoms with Crippen LogP contribution in [0.25, 0.3) is 0 Å². The first-order valence-electron chi connectivity index (χ1n) is 8.55. The first-order chi connectivity index (χ1) is 11.2. The number of hydrogen-bond acceptors (Lipinski definition) is 2. The number of fused-ring (bicyclic) bond motifs is 3. The minimum absolute atomic E-state index is 0.0430. The van der Waals surface area contributed by atoms with E-state index in [-0.39, 0.29) is 16.7 Å². The first-order valence-corrected chi connectivity index (χ1v) is 10.0. The Morgan fingerprint density at radius 3 is 2.12 bits per heavy atom. The fourth-order valence-electron chi connectivity index (χ4n) is 5.39. The number of benzene rings is 2. The van der Waals surface area contributed by atoms with Crippen LogP contribution in [0.15, 0.2) is 59.5 Å². The van der Waals surface area contributed by atoms with Crippen LogP contribution >= 0.6 is 0 Å². The average Bonchev–Trinajstić information content (AvgIpc) is 2.91. The number of sulfone groups is 1. The van der Waals surface area contributed by atoms with Crippen LogP contribution in [0.3, 0.4) is 0 Å². The van der Waals surface area contributed by atoms with Crippen LogP contribution in [0.2, 0.25) is 0 Å². The largest absolute Gasteiger partial charge is 0.223 e. The Hall–Kier alpha value is -1.61. The molecule has 3 heteroatoms. The molecule has 0 N–H and O–H groups in total. The first kappa shape index (κ1) is 15.9. The van der Waals surface area contributed by atoms with Gasteiger partial charge < -0.3 is 0 Å². The molecule has 4 rings (SSSR count). The van der Waals surface area contributed by atoms with Crippen LogP contribution in [-0.2, 0) is 16.3 Å². The SMILES string of the molecule is CC1(C)[C@H]2c3ccccc3C[C@]2(S(=O)(=O)c2ccccc2)C1(C)C. The van der Waals surface area contributed by atoms with Gasteiger partial charge in [-0.25, -0.2) is 8.42 Å². The van der Waals surface area contributed by atoms with Gasteiger partial charge in [-0.2, -0.15) is 0 Å². The second kappa shape index (κ2) is 4.51. The molecule has 0 aromatic heterocycles. The molecule has 0 spiro atoms. The van der Waals surface area contributed by atoms with Crippen LogP contribution in [0, 0.1) is 10.8 Å². The normalized spacial score (nSPS) is 29.4. The Labute approximate surface area is 144 Å². The third-order valence-corrected chi connectivity index (χ3v) is 9.95. The van der Waals surface area contributed by atoms with Crippen LogP contribution < -0.4 is 0 Å². The van der Waals surface area contributed by atoms with E-state index in [1.165, 1.54) is 11.1 Å². The molecule has 0 aliphatic heterocycles. The number of hydrogen-bond donors (Lipinski definition) is 0. The van der Waals surface area contributed by atoms with Gasteiger partial charge in [-0.3, -0.25) is 0 Å². The van der Waals surface area contributed by atoms with Crippen molar-refractivity contribution in [3.05, 3.63) is 65.7 Å². The Bertz CT molecular complexity index is 910. The zero-order valence-corrected chi connectivity index (χ0v) is 15.5. The summed E-state index contributed by atoms with van der Waals surface area (Å²) in [6.45, 7) is 8.71. The Morgan fingerprint density at radius 1 is 0.875 bits per heavy atom. The average molecular weight is 340 g/mol. The van der Waals surface area contributed by atoms with E-state index in [0.29, 0.717) is 11.3 Å². The summed E-state index contributed by atoms with van der Waals surface area (Å²) in [5, 5.41) is 0. The Balaban J connectivity index is 2.00. The highest BCUT2D eigenvalue weighted by molar-refractivity contribution is 7.93. The minimum atomic E-state index is -3.45. The van der Waals surface area contributed by atoms with Gasteiger partial charge in [-0.1, -0.05) is 70.2 Å². The van der Waals surface area contributed by atoms with Crippen molar-refractivity contribution in [2.24, 2.45) is 10.8 Å². The molecule has 2 nitrogen and oxygen atoms in total. The summed E-state index contributed by atoms with van der Waals surface area (Å²) in [6.07, 6.45) is 0.613. The maximum Gasteiger partial charge on any atom is 0.185 e. The highest BCUT2D eigenvalue weighted by Crippen LogP contribution is 2.77. The molecule has 2 aliphatic carbocycles. The second-order valence-corrected chi connectivity index (χ2v) is 10.6. The van der Waals surface area contributed by atoms with E-state index in [1.54, 1.807) is 12.1 Å². The second-order valence-electron chi connectivity index (χ2n) is 8.36. The zero-order chi connectivity index (χ0) is 17.4. The van der Waals surface area contributed by atoms with Crippen LogP contribution in [0.4, 0.5) is 0 Å². The van der Waals surface area contributed by atoms with Crippen LogP contribution in [0.1, 0.15) is 44.7 Å². The van der Waals surface area contributed by atoms with E-state index in [0.717, 1.165) is 0 Å². The molecule has 1 saturated carbocycles. The van der Waals surface area contributed by atoms with E-state index in [2.05, 4.69) is 39.8 Å². The van der Waals surface area contributed by atoms with Gasteiger partial charge >= 0.3 is 0 Å². The van der Waals surface area contributed by atoms with Crippen molar-refractivity contribution >= 4 is 9.84 Å². The summed E-state index contributed by atoms with van der Waals surface area (Å²) < 4.78 is 26.8. The lowest BCUT2D eigenvalue weighted by molar-refractivity contribution is -0.0930. The van der Waals surface area contributed by atoms with Crippen molar-refractivity contribution in [2.45, 2.75) is 49.7 Å². The lowest BCUT2D eigenvalue weighted by atomic mass is 9.40. The molecule has 0 heterocycles. The molecule has 2 aromatic rings. The molecule has 0 bridgehead atoms. The Kier molecular flexibility index (Phi) is 2.99. The zero-order valence-electron chi connectivity index (χ0n) is 14.7. The highest BCUT2D eigenvalue weighted by atomic mass is 32.2. The van der Waals surface area contributed by atoms with Crippen molar-refractivity contribution in [2.75, 3.05) is 0 Å². The third kappa shape index (κ3) is 1.50. The minimum Gasteiger partial charge on any atom is -0.223 e. The molecule has 0 radical (unpaired) electrons. The lowest BCUT2D eigenvalue weighted by Gasteiger charge is -2.69. The summed E-state index contributed by atoms with van der Waals surface area (Å²) >= 11 is 0. The summed E-state index contributed by atoms with van der Waals surface area (Å²) in [5.41, 5.74) is 2.04. The van der Waals surface area contributed by atoms with E-state index >= 15 is 0 Å². The molecule has 2 atom stereocenters. The van der Waals surface area contributed by atoms with E-state index in [4.69, 9.17) is 0 Å². The van der Waals surface area contributed by atoms with Crippen molar-refractivity contribution in [1.82, 2.24) is 0 Å². The predicted octanol–water partition coefficient (Wildman–Crippen LogP) is 4.61. The molecular weight excluding hydrogens is 316 g/mol. The van der Waals surface area contributed by atoms with Gasteiger partial charge in [-0.15, -0.1) is 0 Å². The van der Waals surface area contributed by atoms with Crippen molar-refractivity contribution in [3.8, 4) is 0 Å². The van der Waals surface area contributed by atoms with Crippen molar-refractivity contribution in [1.29, 1.82) is 0 Å². The van der Waals surface area contributed by atoms with Gasteiger partial charge in [0.25, 0.3) is 0 Å². The maximum atomic E-state index is 13.8. The monoisotopic (exact) mass is 340 g/mol. The summed E-state index contributed by atoms with van der Waals surface area (Å²) in [5.74, 6) is 0.0430. The van der Waals surface area contributed by atoms with Gasteiger partial charge in [0.2, 0.25) is 0 Å². The van der Waals surface area contributed by atoms with Gasteiger partial charge in [-0.05, 0) is 40.5 Å². The molecule has 0 saturated heterocycles. The van der Waals surface area contributed by atoms with Gasteiger partial charge in [0.15, 0.2) is 9.84 Å². The van der Waals surface area contributed by atoms with Gasteiger partial charge in [0, 0.05) is 5.92 Å². The third-order valence-electron chi connectivity index (χ3n) is 7.21. The topological polar surface area (TPSA) is 34.1 Å². The standard InChI is InChI=1S/C21H24O2S/c1-19(2)18-17-13-9-8-10-15(17)14-21(18,20(19,3)4)24(22,23)16-11-6-5-7-12-16/h5-13,18H,14H2,1-4H3/t18-,21-/m1/s1. The Morgan fingerprint density at radius 2 is 1.46 bits per heavy atom. The van der Waals surface area contributed by atoms with Crippen molar-refractivity contribution < 1.29 is 8.42 Å². The van der Waals surface area contributed by atoms with E-state index in [9.17, 15) is 8.42 Å². The maximum absolute atomic E-state index is 13.8. The lowest BCUT2D eigenvalue weighted by Crippen LogP contribution is -2.73. The molecular formula is C21H24O2S. The fraction of sp³-hybridized carbons (Fsp3) is 0.429. The smallest absolute Gasteiger partial charge is 0.185 e. The molecule has 1 fully saturated rings. The molecule has 2 aliphatic rings.